The number of likely N-dealkylation sites (tertiary alicyclic amines) is 1. The summed E-state index contributed by atoms with van der Waals surface area (Å²) in [6.07, 6.45) is 6.93. The van der Waals surface area contributed by atoms with Crippen LogP contribution in [0.15, 0.2) is 0 Å². The second-order valence-electron chi connectivity index (χ2n) is 6.82. The Kier molecular flexibility index (Phi) is 5.92. The zero-order valence-corrected chi connectivity index (χ0v) is 14.1. The van der Waals surface area contributed by atoms with Gasteiger partial charge in [-0.2, -0.15) is 0 Å². The van der Waals surface area contributed by atoms with Crippen molar-refractivity contribution >= 4 is 18.3 Å². The number of nitrogens with one attached hydrogen (secondary N) is 1. The Morgan fingerprint density at radius 2 is 1.86 bits per heavy atom. The average molecular weight is 316 g/mol. The second kappa shape index (κ2) is 7.30. The fraction of sp³-hybridized carbons (Fsp3) is 0.938. The molecule has 3 rings (SSSR count). The number of hydrogen-bond donors (Lipinski definition) is 1. The molecule has 1 atom stereocenters. The molecule has 1 unspecified atom stereocenters. The molecule has 2 heterocycles. The van der Waals surface area contributed by atoms with E-state index in [2.05, 4.69) is 22.0 Å². The van der Waals surface area contributed by atoms with Crippen molar-refractivity contribution in [2.24, 2.45) is 5.41 Å². The maximum Gasteiger partial charge on any atom is 0.228 e. The summed E-state index contributed by atoms with van der Waals surface area (Å²) in [7, 11) is 0. The van der Waals surface area contributed by atoms with Gasteiger partial charge in [0, 0.05) is 50.7 Å². The third-order valence-electron chi connectivity index (χ3n) is 5.81. The highest BCUT2D eigenvalue weighted by Gasteiger charge is 2.44. The zero-order chi connectivity index (χ0) is 14.0. The van der Waals surface area contributed by atoms with E-state index in [1.54, 1.807) is 0 Å². The second-order valence-corrected chi connectivity index (χ2v) is 6.82. The van der Waals surface area contributed by atoms with Crippen LogP contribution in [-0.2, 0) is 4.79 Å². The van der Waals surface area contributed by atoms with Crippen LogP contribution in [0.2, 0.25) is 0 Å². The Labute approximate surface area is 135 Å². The fourth-order valence-electron chi connectivity index (χ4n) is 4.38. The van der Waals surface area contributed by atoms with Crippen LogP contribution in [0.1, 0.15) is 45.4 Å². The molecule has 5 heteroatoms. The number of piperazine rings is 1. The topological polar surface area (TPSA) is 35.6 Å². The molecule has 0 aromatic carbocycles. The number of halogens is 1. The van der Waals surface area contributed by atoms with Crippen molar-refractivity contribution in [1.29, 1.82) is 0 Å². The number of carbonyl (C=O) groups is 1. The summed E-state index contributed by atoms with van der Waals surface area (Å²) in [5.41, 5.74) is -0.00164. The monoisotopic (exact) mass is 315 g/mol. The molecule has 0 spiro atoms. The van der Waals surface area contributed by atoms with Crippen LogP contribution in [0.5, 0.6) is 0 Å². The molecule has 3 aliphatic rings. The van der Waals surface area contributed by atoms with E-state index in [9.17, 15) is 4.79 Å². The predicted molar refractivity (Wildman–Crippen MR) is 87.9 cm³/mol. The summed E-state index contributed by atoms with van der Waals surface area (Å²) in [5, 5.41) is 3.41. The third kappa shape index (κ3) is 3.38. The lowest BCUT2D eigenvalue weighted by molar-refractivity contribution is -0.141. The molecule has 0 radical (unpaired) electrons. The molecule has 2 saturated heterocycles. The molecular formula is C16H30ClN3O. The van der Waals surface area contributed by atoms with Gasteiger partial charge in [-0.15, -0.1) is 12.4 Å². The van der Waals surface area contributed by atoms with E-state index >= 15 is 0 Å². The van der Waals surface area contributed by atoms with E-state index in [1.165, 1.54) is 19.3 Å². The maximum absolute atomic E-state index is 12.9. The summed E-state index contributed by atoms with van der Waals surface area (Å²) in [5.74, 6) is 0.468. The van der Waals surface area contributed by atoms with Gasteiger partial charge in [0.25, 0.3) is 0 Å². The minimum absolute atomic E-state index is 0. The van der Waals surface area contributed by atoms with Crippen molar-refractivity contribution < 1.29 is 4.79 Å². The molecular weight excluding hydrogens is 286 g/mol. The summed E-state index contributed by atoms with van der Waals surface area (Å²) in [4.78, 5) is 17.7. The number of hydrogen-bond acceptors (Lipinski definition) is 3. The highest BCUT2D eigenvalue weighted by atomic mass is 35.5. The van der Waals surface area contributed by atoms with E-state index < -0.39 is 0 Å². The van der Waals surface area contributed by atoms with Crippen molar-refractivity contribution in [2.45, 2.75) is 51.5 Å². The highest BCUT2D eigenvalue weighted by molar-refractivity contribution is 5.85. The molecule has 0 aromatic heterocycles. The molecule has 2 aliphatic heterocycles. The number of rotatable bonds is 3. The Bertz CT molecular complexity index is 351. The summed E-state index contributed by atoms with van der Waals surface area (Å²) < 4.78 is 0. The van der Waals surface area contributed by atoms with Gasteiger partial charge in [-0.05, 0) is 25.7 Å². The van der Waals surface area contributed by atoms with E-state index in [4.69, 9.17) is 0 Å². The molecule has 21 heavy (non-hydrogen) atoms. The number of nitrogens with zero attached hydrogens (tertiary/aromatic N) is 2. The first kappa shape index (κ1) is 17.0. The van der Waals surface area contributed by atoms with Gasteiger partial charge < -0.3 is 10.2 Å². The van der Waals surface area contributed by atoms with Gasteiger partial charge in [-0.3, -0.25) is 9.69 Å². The van der Waals surface area contributed by atoms with Crippen LogP contribution >= 0.6 is 12.4 Å². The number of amides is 1. The normalized spacial score (nSPS) is 29.4. The van der Waals surface area contributed by atoms with Crippen LogP contribution in [0.4, 0.5) is 0 Å². The first-order valence-corrected chi connectivity index (χ1v) is 8.49. The molecule has 1 saturated carbocycles. The summed E-state index contributed by atoms with van der Waals surface area (Å²) in [6.45, 7) is 8.65. The lowest BCUT2D eigenvalue weighted by Gasteiger charge is -2.34. The first-order valence-electron chi connectivity index (χ1n) is 8.49. The lowest BCUT2D eigenvalue weighted by Crippen LogP contribution is -2.50. The lowest BCUT2D eigenvalue weighted by atomic mass is 9.82. The highest BCUT2D eigenvalue weighted by Crippen LogP contribution is 2.43. The van der Waals surface area contributed by atoms with Gasteiger partial charge in [0.15, 0.2) is 0 Å². The quantitative estimate of drug-likeness (QED) is 0.864. The largest absolute Gasteiger partial charge is 0.341 e. The molecule has 1 amide bonds. The Morgan fingerprint density at radius 1 is 1.19 bits per heavy atom. The van der Waals surface area contributed by atoms with Gasteiger partial charge in [-0.25, -0.2) is 0 Å². The molecule has 4 nitrogen and oxygen atoms in total. The van der Waals surface area contributed by atoms with E-state index in [0.717, 1.165) is 58.5 Å². The standard InChI is InChI=1S/C16H29N3O.ClH/c1-2-16(6-3-4-7-16)15(20)19-10-5-14(13-19)18-11-8-17-9-12-18;/h14,17H,2-13H2,1H3;1H. The molecule has 0 bridgehead atoms. The van der Waals surface area contributed by atoms with Crippen molar-refractivity contribution in [1.82, 2.24) is 15.1 Å². The SMILES string of the molecule is CCC1(C(=O)N2CCC(N3CCNCC3)C2)CCCC1.Cl. The Balaban J connectivity index is 0.00000161. The van der Waals surface area contributed by atoms with Gasteiger partial charge in [0.2, 0.25) is 5.91 Å². The van der Waals surface area contributed by atoms with Crippen LogP contribution in [0.3, 0.4) is 0 Å². The van der Waals surface area contributed by atoms with Crippen molar-refractivity contribution in [3.05, 3.63) is 0 Å². The Morgan fingerprint density at radius 3 is 2.48 bits per heavy atom. The van der Waals surface area contributed by atoms with E-state index in [-0.39, 0.29) is 17.8 Å². The molecule has 1 N–H and O–H groups in total. The van der Waals surface area contributed by atoms with Crippen LogP contribution in [0, 0.1) is 5.41 Å². The van der Waals surface area contributed by atoms with Crippen LogP contribution < -0.4 is 5.32 Å². The van der Waals surface area contributed by atoms with E-state index in [1.807, 2.05) is 0 Å². The minimum atomic E-state index is -0.00164. The van der Waals surface area contributed by atoms with Gasteiger partial charge in [-0.1, -0.05) is 19.8 Å². The fourth-order valence-corrected chi connectivity index (χ4v) is 4.38. The van der Waals surface area contributed by atoms with Gasteiger partial charge >= 0.3 is 0 Å². The molecule has 0 aromatic rings. The van der Waals surface area contributed by atoms with Crippen LogP contribution in [-0.4, -0.2) is 61.0 Å². The minimum Gasteiger partial charge on any atom is -0.341 e. The summed E-state index contributed by atoms with van der Waals surface area (Å²) in [6, 6.07) is 0.608. The number of carbonyl (C=O) groups excluding carboxylic acids is 1. The molecule has 122 valence electrons. The van der Waals surface area contributed by atoms with Gasteiger partial charge in [0.1, 0.15) is 0 Å². The predicted octanol–water partition coefficient (Wildman–Crippen LogP) is 1.88. The van der Waals surface area contributed by atoms with Crippen molar-refractivity contribution in [2.75, 3.05) is 39.3 Å². The Hall–Kier alpha value is -0.320. The smallest absolute Gasteiger partial charge is 0.228 e. The van der Waals surface area contributed by atoms with Gasteiger partial charge in [0.05, 0.1) is 0 Å². The maximum atomic E-state index is 12.9. The zero-order valence-electron chi connectivity index (χ0n) is 13.3. The average Bonchev–Trinajstić information content (AvgIpc) is 3.17. The first-order chi connectivity index (χ1) is 9.75. The van der Waals surface area contributed by atoms with Crippen molar-refractivity contribution in [3.63, 3.8) is 0 Å². The third-order valence-corrected chi connectivity index (χ3v) is 5.81. The molecule has 3 fully saturated rings. The van der Waals surface area contributed by atoms with Crippen LogP contribution in [0.25, 0.3) is 0 Å². The van der Waals surface area contributed by atoms with E-state index in [0.29, 0.717) is 11.9 Å². The molecule has 1 aliphatic carbocycles. The summed E-state index contributed by atoms with van der Waals surface area (Å²) >= 11 is 0. The van der Waals surface area contributed by atoms with Crippen molar-refractivity contribution in [3.8, 4) is 0 Å².